The maximum absolute atomic E-state index is 12.7. The van der Waals surface area contributed by atoms with Crippen molar-refractivity contribution in [2.75, 3.05) is 10.6 Å². The number of nitrogens with one attached hydrogen (secondary N) is 3. The van der Waals surface area contributed by atoms with Crippen molar-refractivity contribution < 1.29 is 24.6 Å². The number of aryl methyl sites for hydroxylation is 1. The molecule has 170 valence electrons. The van der Waals surface area contributed by atoms with Crippen molar-refractivity contribution in [3.8, 4) is 22.9 Å². The van der Waals surface area contributed by atoms with Crippen molar-refractivity contribution in [1.82, 2.24) is 0 Å². The molecule has 0 aromatic heterocycles. The van der Waals surface area contributed by atoms with Gasteiger partial charge in [-0.25, -0.2) is 4.79 Å². The largest absolute Gasteiger partial charge is 0.507 e. The van der Waals surface area contributed by atoms with Gasteiger partial charge in [0, 0.05) is 23.7 Å². The zero-order chi connectivity index (χ0) is 25.0. The summed E-state index contributed by atoms with van der Waals surface area (Å²) in [6, 6.07) is 15.5. The predicted octanol–water partition coefficient (Wildman–Crippen LogP) is 3.90. The number of nitrogens with zero attached hydrogens (tertiary/aromatic N) is 1. The van der Waals surface area contributed by atoms with E-state index >= 15 is 0 Å². The van der Waals surface area contributed by atoms with Crippen LogP contribution in [0.1, 0.15) is 34.0 Å². The smallest absolute Gasteiger partial charge is 0.337 e. The number of carboxylic acids is 1. The number of rotatable bonds is 6. The van der Waals surface area contributed by atoms with Gasteiger partial charge in [0.2, 0.25) is 5.91 Å². The standard InChI is InChI=1S/C25H20N4O5/c1-13-5-3-4-6-16(13)17-11-22(31)19(10-21(17)28-14(2)30)23(27)24(32)29-20-8-7-15(12-26)9-18(20)25(33)34/h3-11,27,31H,1-2H3,(H,28,30)(H,29,32)(H,33,34). The van der Waals surface area contributed by atoms with Crippen LogP contribution in [0.25, 0.3) is 11.1 Å². The summed E-state index contributed by atoms with van der Waals surface area (Å²) in [6.07, 6.45) is 0. The van der Waals surface area contributed by atoms with Crippen molar-refractivity contribution in [3.05, 3.63) is 76.9 Å². The average Bonchev–Trinajstić information content (AvgIpc) is 2.79. The number of phenols is 1. The lowest BCUT2D eigenvalue weighted by molar-refractivity contribution is -0.114. The number of amides is 2. The summed E-state index contributed by atoms with van der Waals surface area (Å²) < 4.78 is 0. The summed E-state index contributed by atoms with van der Waals surface area (Å²) in [6.45, 7) is 3.18. The molecule has 9 nitrogen and oxygen atoms in total. The van der Waals surface area contributed by atoms with E-state index in [9.17, 15) is 24.6 Å². The minimum absolute atomic E-state index is 0.0925. The lowest BCUT2D eigenvalue weighted by Gasteiger charge is -2.16. The number of aromatic hydroxyl groups is 1. The molecule has 0 saturated carbocycles. The first-order chi connectivity index (χ1) is 16.1. The molecule has 0 heterocycles. The van der Waals surface area contributed by atoms with Crippen LogP contribution in [-0.2, 0) is 9.59 Å². The molecule has 0 fully saturated rings. The van der Waals surface area contributed by atoms with E-state index in [0.29, 0.717) is 5.56 Å². The van der Waals surface area contributed by atoms with Crippen molar-refractivity contribution in [3.63, 3.8) is 0 Å². The Morgan fingerprint density at radius 3 is 2.26 bits per heavy atom. The molecule has 34 heavy (non-hydrogen) atoms. The fraction of sp³-hybridized carbons (Fsp3) is 0.0800. The Morgan fingerprint density at radius 1 is 0.941 bits per heavy atom. The number of carbonyl (C=O) groups excluding carboxylic acids is 2. The fourth-order valence-electron chi connectivity index (χ4n) is 3.39. The number of carbonyl (C=O) groups is 3. The molecule has 0 bridgehead atoms. The molecular weight excluding hydrogens is 436 g/mol. The first-order valence-corrected chi connectivity index (χ1v) is 10.0. The molecule has 0 atom stereocenters. The monoisotopic (exact) mass is 456 g/mol. The van der Waals surface area contributed by atoms with Gasteiger partial charge in [-0.1, -0.05) is 24.3 Å². The molecular formula is C25H20N4O5. The third-order valence-electron chi connectivity index (χ3n) is 5.01. The molecule has 9 heteroatoms. The van der Waals surface area contributed by atoms with Gasteiger partial charge >= 0.3 is 5.97 Å². The molecule has 2 amide bonds. The molecule has 0 aliphatic heterocycles. The Balaban J connectivity index is 2.01. The van der Waals surface area contributed by atoms with Gasteiger partial charge in [0.15, 0.2) is 0 Å². The molecule has 0 aliphatic rings. The number of hydrogen-bond donors (Lipinski definition) is 5. The van der Waals surface area contributed by atoms with Gasteiger partial charge in [0.25, 0.3) is 5.91 Å². The Morgan fingerprint density at radius 2 is 1.65 bits per heavy atom. The highest BCUT2D eigenvalue weighted by Gasteiger charge is 2.22. The molecule has 5 N–H and O–H groups in total. The minimum Gasteiger partial charge on any atom is -0.507 e. The first kappa shape index (κ1) is 23.7. The Bertz CT molecular complexity index is 1390. The normalized spacial score (nSPS) is 10.1. The zero-order valence-electron chi connectivity index (χ0n) is 18.3. The highest BCUT2D eigenvalue weighted by Crippen LogP contribution is 2.36. The summed E-state index contributed by atoms with van der Waals surface area (Å²) in [5, 5.41) is 42.3. The van der Waals surface area contributed by atoms with Gasteiger partial charge in [-0.05, 0) is 48.4 Å². The highest BCUT2D eigenvalue weighted by atomic mass is 16.4. The lowest BCUT2D eigenvalue weighted by Crippen LogP contribution is -2.24. The summed E-state index contributed by atoms with van der Waals surface area (Å²) >= 11 is 0. The van der Waals surface area contributed by atoms with Gasteiger partial charge in [-0.3, -0.25) is 15.0 Å². The van der Waals surface area contributed by atoms with Crippen molar-refractivity contribution in [2.45, 2.75) is 13.8 Å². The first-order valence-electron chi connectivity index (χ1n) is 10.0. The predicted molar refractivity (Wildman–Crippen MR) is 126 cm³/mol. The maximum atomic E-state index is 12.7. The van der Waals surface area contributed by atoms with Gasteiger partial charge < -0.3 is 20.8 Å². The van der Waals surface area contributed by atoms with Crippen molar-refractivity contribution >= 4 is 34.9 Å². The van der Waals surface area contributed by atoms with E-state index in [4.69, 9.17) is 10.7 Å². The Kier molecular flexibility index (Phi) is 6.73. The number of anilines is 2. The third-order valence-corrected chi connectivity index (χ3v) is 5.01. The molecule has 0 saturated heterocycles. The molecule has 3 aromatic carbocycles. The molecule has 0 aliphatic carbocycles. The molecule has 0 spiro atoms. The van der Waals surface area contributed by atoms with Gasteiger partial charge in [-0.15, -0.1) is 0 Å². The second-order valence-electron chi connectivity index (χ2n) is 7.42. The molecule has 3 rings (SSSR count). The van der Waals surface area contributed by atoms with E-state index in [1.54, 1.807) is 6.07 Å². The maximum Gasteiger partial charge on any atom is 0.337 e. The zero-order valence-corrected chi connectivity index (χ0v) is 18.3. The van der Waals surface area contributed by atoms with Gasteiger partial charge in [0.1, 0.15) is 11.5 Å². The van der Waals surface area contributed by atoms with Crippen LogP contribution in [0.3, 0.4) is 0 Å². The van der Waals surface area contributed by atoms with E-state index in [2.05, 4.69) is 10.6 Å². The van der Waals surface area contributed by atoms with E-state index < -0.39 is 17.6 Å². The number of nitriles is 1. The average molecular weight is 456 g/mol. The summed E-state index contributed by atoms with van der Waals surface area (Å²) in [5.74, 6) is -3.10. The number of phenolic OH excluding ortho intramolecular Hbond substituents is 1. The van der Waals surface area contributed by atoms with Crippen molar-refractivity contribution in [2.24, 2.45) is 0 Å². The Labute approximate surface area is 194 Å². The third kappa shape index (κ3) is 4.92. The number of carboxylic acid groups (broad SMARTS) is 1. The van der Waals surface area contributed by atoms with Gasteiger partial charge in [-0.2, -0.15) is 5.26 Å². The summed E-state index contributed by atoms with van der Waals surface area (Å²) in [7, 11) is 0. The van der Waals surface area contributed by atoms with Crippen LogP contribution in [-0.4, -0.2) is 33.7 Å². The highest BCUT2D eigenvalue weighted by molar-refractivity contribution is 6.48. The summed E-state index contributed by atoms with van der Waals surface area (Å²) in [5.41, 5.74) is 1.27. The van der Waals surface area contributed by atoms with Crippen LogP contribution >= 0.6 is 0 Å². The number of aromatic carboxylic acids is 1. The minimum atomic E-state index is -1.36. The fourth-order valence-corrected chi connectivity index (χ4v) is 3.39. The Hall–Kier alpha value is -4.97. The van der Waals surface area contributed by atoms with Crippen LogP contribution in [0.4, 0.5) is 11.4 Å². The number of hydrogen-bond acceptors (Lipinski definition) is 6. The van der Waals surface area contributed by atoms with Crippen molar-refractivity contribution in [1.29, 1.82) is 10.7 Å². The quantitative estimate of drug-likeness (QED) is 0.279. The second-order valence-corrected chi connectivity index (χ2v) is 7.42. The van der Waals surface area contributed by atoms with E-state index in [0.717, 1.165) is 17.2 Å². The topological polar surface area (TPSA) is 163 Å². The van der Waals surface area contributed by atoms with Crippen LogP contribution in [0.5, 0.6) is 5.75 Å². The second kappa shape index (κ2) is 9.67. The summed E-state index contributed by atoms with van der Waals surface area (Å²) in [4.78, 5) is 36.1. The molecule has 3 aromatic rings. The molecule has 0 radical (unpaired) electrons. The van der Waals surface area contributed by atoms with E-state index in [1.165, 1.54) is 31.2 Å². The number of benzene rings is 3. The van der Waals surface area contributed by atoms with Crippen LogP contribution < -0.4 is 10.6 Å². The van der Waals surface area contributed by atoms with Crippen LogP contribution in [0.15, 0.2) is 54.6 Å². The SMILES string of the molecule is CC(=O)Nc1cc(C(=N)C(=O)Nc2ccc(C#N)cc2C(=O)O)c(O)cc1-c1ccccc1C. The van der Waals surface area contributed by atoms with Crippen LogP contribution in [0, 0.1) is 23.7 Å². The lowest BCUT2D eigenvalue weighted by atomic mass is 9.95. The van der Waals surface area contributed by atoms with E-state index in [-0.39, 0.29) is 39.7 Å². The van der Waals surface area contributed by atoms with E-state index in [1.807, 2.05) is 31.2 Å². The van der Waals surface area contributed by atoms with Crippen LogP contribution in [0.2, 0.25) is 0 Å². The van der Waals surface area contributed by atoms with Gasteiger partial charge in [0.05, 0.1) is 22.9 Å². The molecule has 0 unspecified atom stereocenters.